The Kier molecular flexibility index (Phi) is 5.15. The molecular formula is C16H24N2O2. The molecule has 0 bridgehead atoms. The standard InChI is InChI=1S/C16H24N2O2/c1-20-12-16(8-5-9-16)11-18-15(19)10-14(17)13-6-3-2-4-7-13/h2-4,6-7,14H,5,8-12,17H2,1H3,(H,18,19). The van der Waals surface area contributed by atoms with E-state index in [9.17, 15) is 4.79 Å². The van der Waals surface area contributed by atoms with E-state index >= 15 is 0 Å². The molecule has 2 rings (SSSR count). The van der Waals surface area contributed by atoms with Crippen molar-refractivity contribution in [1.29, 1.82) is 0 Å². The maximum atomic E-state index is 12.0. The zero-order chi connectivity index (χ0) is 14.4. The Morgan fingerprint density at radius 3 is 2.65 bits per heavy atom. The van der Waals surface area contributed by atoms with Crippen LogP contribution in [0.1, 0.15) is 37.3 Å². The smallest absolute Gasteiger partial charge is 0.221 e. The highest BCUT2D eigenvalue weighted by Crippen LogP contribution is 2.40. The normalized spacial score (nSPS) is 18.1. The minimum Gasteiger partial charge on any atom is -0.384 e. The first-order valence-corrected chi connectivity index (χ1v) is 7.21. The van der Waals surface area contributed by atoms with Gasteiger partial charge in [0.1, 0.15) is 0 Å². The fraction of sp³-hybridized carbons (Fsp3) is 0.562. The first kappa shape index (κ1) is 15.0. The second kappa shape index (κ2) is 6.86. The van der Waals surface area contributed by atoms with Crippen LogP contribution in [0.4, 0.5) is 0 Å². The van der Waals surface area contributed by atoms with Crippen LogP contribution >= 0.6 is 0 Å². The lowest BCUT2D eigenvalue weighted by Gasteiger charge is -2.41. The summed E-state index contributed by atoms with van der Waals surface area (Å²) in [4.78, 5) is 12.0. The van der Waals surface area contributed by atoms with E-state index < -0.39 is 0 Å². The molecule has 0 radical (unpaired) electrons. The van der Waals surface area contributed by atoms with Crippen molar-refractivity contribution in [3.63, 3.8) is 0 Å². The average molecular weight is 276 g/mol. The van der Waals surface area contributed by atoms with Gasteiger partial charge in [-0.05, 0) is 18.4 Å². The third-order valence-electron chi connectivity index (χ3n) is 4.16. The van der Waals surface area contributed by atoms with Crippen LogP contribution in [0.25, 0.3) is 0 Å². The van der Waals surface area contributed by atoms with Crippen LogP contribution in [-0.4, -0.2) is 26.2 Å². The number of nitrogens with one attached hydrogen (secondary N) is 1. The number of rotatable bonds is 7. The number of amides is 1. The molecule has 110 valence electrons. The van der Waals surface area contributed by atoms with Crippen molar-refractivity contribution >= 4 is 5.91 Å². The van der Waals surface area contributed by atoms with Crippen molar-refractivity contribution in [2.45, 2.75) is 31.7 Å². The van der Waals surface area contributed by atoms with Crippen molar-refractivity contribution in [3.05, 3.63) is 35.9 Å². The summed E-state index contributed by atoms with van der Waals surface area (Å²) in [6, 6.07) is 9.49. The van der Waals surface area contributed by atoms with Gasteiger partial charge >= 0.3 is 0 Å². The fourth-order valence-corrected chi connectivity index (χ4v) is 2.73. The Hall–Kier alpha value is -1.39. The molecule has 1 amide bonds. The lowest BCUT2D eigenvalue weighted by atomic mass is 9.69. The quantitative estimate of drug-likeness (QED) is 0.800. The maximum Gasteiger partial charge on any atom is 0.221 e. The summed E-state index contributed by atoms with van der Waals surface area (Å²) in [5, 5.41) is 3.01. The Bertz CT molecular complexity index is 429. The average Bonchev–Trinajstić information content (AvgIpc) is 2.42. The van der Waals surface area contributed by atoms with E-state index in [0.717, 1.165) is 25.0 Å². The molecule has 1 aromatic carbocycles. The molecule has 0 aromatic heterocycles. The number of hydrogen-bond acceptors (Lipinski definition) is 3. The van der Waals surface area contributed by atoms with Gasteiger partial charge in [-0.15, -0.1) is 0 Å². The molecule has 4 nitrogen and oxygen atoms in total. The van der Waals surface area contributed by atoms with E-state index in [-0.39, 0.29) is 17.4 Å². The highest BCUT2D eigenvalue weighted by Gasteiger charge is 2.37. The highest BCUT2D eigenvalue weighted by atomic mass is 16.5. The predicted octanol–water partition coefficient (Wildman–Crippen LogP) is 2.01. The van der Waals surface area contributed by atoms with Gasteiger partial charge in [0.25, 0.3) is 0 Å². The molecule has 0 spiro atoms. The van der Waals surface area contributed by atoms with Crippen molar-refractivity contribution in [3.8, 4) is 0 Å². The number of ether oxygens (including phenoxy) is 1. The number of carbonyl (C=O) groups excluding carboxylic acids is 1. The molecule has 1 unspecified atom stereocenters. The van der Waals surface area contributed by atoms with Crippen LogP contribution in [0.3, 0.4) is 0 Å². The molecule has 0 saturated heterocycles. The number of carbonyl (C=O) groups is 1. The van der Waals surface area contributed by atoms with E-state index in [0.29, 0.717) is 13.0 Å². The molecule has 1 saturated carbocycles. The minimum atomic E-state index is -0.240. The van der Waals surface area contributed by atoms with Crippen LogP contribution in [-0.2, 0) is 9.53 Å². The van der Waals surface area contributed by atoms with E-state index in [2.05, 4.69) is 5.32 Å². The lowest BCUT2D eigenvalue weighted by Crippen LogP contribution is -2.45. The third-order valence-corrected chi connectivity index (χ3v) is 4.16. The lowest BCUT2D eigenvalue weighted by molar-refractivity contribution is -0.122. The number of nitrogens with two attached hydrogens (primary N) is 1. The van der Waals surface area contributed by atoms with Gasteiger partial charge in [0.2, 0.25) is 5.91 Å². The summed E-state index contributed by atoms with van der Waals surface area (Å²) in [5.41, 5.74) is 7.21. The van der Waals surface area contributed by atoms with Gasteiger partial charge in [0.05, 0.1) is 6.61 Å². The second-order valence-electron chi connectivity index (χ2n) is 5.78. The van der Waals surface area contributed by atoms with Crippen molar-refractivity contribution < 1.29 is 9.53 Å². The van der Waals surface area contributed by atoms with Crippen molar-refractivity contribution in [2.75, 3.05) is 20.3 Å². The van der Waals surface area contributed by atoms with Gasteiger partial charge < -0.3 is 15.8 Å². The topological polar surface area (TPSA) is 64.3 Å². The molecule has 1 aliphatic carbocycles. The van der Waals surface area contributed by atoms with E-state index in [1.54, 1.807) is 7.11 Å². The van der Waals surface area contributed by atoms with E-state index in [4.69, 9.17) is 10.5 Å². The van der Waals surface area contributed by atoms with Crippen LogP contribution in [0.15, 0.2) is 30.3 Å². The fourth-order valence-electron chi connectivity index (χ4n) is 2.73. The van der Waals surface area contributed by atoms with Gasteiger partial charge in [0, 0.05) is 31.5 Å². The molecule has 4 heteroatoms. The zero-order valence-electron chi connectivity index (χ0n) is 12.1. The van der Waals surface area contributed by atoms with Crippen LogP contribution in [0.2, 0.25) is 0 Å². The number of methoxy groups -OCH3 is 1. The molecular weight excluding hydrogens is 252 g/mol. The van der Waals surface area contributed by atoms with Crippen molar-refractivity contribution in [2.24, 2.45) is 11.1 Å². The Morgan fingerprint density at radius 1 is 1.40 bits per heavy atom. The van der Waals surface area contributed by atoms with E-state index in [1.807, 2.05) is 30.3 Å². The zero-order valence-corrected chi connectivity index (χ0v) is 12.1. The van der Waals surface area contributed by atoms with Crippen LogP contribution in [0, 0.1) is 5.41 Å². The Labute approximate surface area is 120 Å². The van der Waals surface area contributed by atoms with Gasteiger partial charge in [-0.2, -0.15) is 0 Å². The Morgan fingerprint density at radius 2 is 2.10 bits per heavy atom. The largest absolute Gasteiger partial charge is 0.384 e. The molecule has 1 aliphatic rings. The van der Waals surface area contributed by atoms with Crippen LogP contribution in [0.5, 0.6) is 0 Å². The molecule has 1 fully saturated rings. The summed E-state index contributed by atoms with van der Waals surface area (Å²) in [6.07, 6.45) is 3.81. The SMILES string of the molecule is COCC1(CNC(=O)CC(N)c2ccccc2)CCC1. The van der Waals surface area contributed by atoms with Gasteiger partial charge in [-0.25, -0.2) is 0 Å². The summed E-state index contributed by atoms with van der Waals surface area (Å²) in [5.74, 6) is 0.0173. The minimum absolute atomic E-state index is 0.0173. The monoisotopic (exact) mass is 276 g/mol. The van der Waals surface area contributed by atoms with Gasteiger partial charge in [-0.1, -0.05) is 36.8 Å². The van der Waals surface area contributed by atoms with E-state index in [1.165, 1.54) is 6.42 Å². The summed E-state index contributed by atoms with van der Waals surface area (Å²) in [7, 11) is 1.72. The summed E-state index contributed by atoms with van der Waals surface area (Å²) < 4.78 is 5.26. The first-order chi connectivity index (χ1) is 9.65. The molecule has 1 aromatic rings. The second-order valence-corrected chi connectivity index (χ2v) is 5.78. The number of hydrogen-bond donors (Lipinski definition) is 2. The summed E-state index contributed by atoms with van der Waals surface area (Å²) in [6.45, 7) is 1.42. The molecule has 0 heterocycles. The molecule has 20 heavy (non-hydrogen) atoms. The van der Waals surface area contributed by atoms with Gasteiger partial charge in [-0.3, -0.25) is 4.79 Å². The highest BCUT2D eigenvalue weighted by molar-refractivity contribution is 5.76. The molecule has 0 aliphatic heterocycles. The molecule has 3 N–H and O–H groups in total. The van der Waals surface area contributed by atoms with Crippen molar-refractivity contribution in [1.82, 2.24) is 5.32 Å². The van der Waals surface area contributed by atoms with Crippen LogP contribution < -0.4 is 11.1 Å². The third kappa shape index (κ3) is 3.81. The number of benzene rings is 1. The predicted molar refractivity (Wildman–Crippen MR) is 79.2 cm³/mol. The molecule has 1 atom stereocenters. The van der Waals surface area contributed by atoms with Gasteiger partial charge in [0.15, 0.2) is 0 Å². The maximum absolute atomic E-state index is 12.0. The first-order valence-electron chi connectivity index (χ1n) is 7.21. The Balaban J connectivity index is 1.78. The summed E-state index contributed by atoms with van der Waals surface area (Å²) >= 11 is 0.